The number of para-hydroxylation sites is 2. The number of benzene rings is 18. The summed E-state index contributed by atoms with van der Waals surface area (Å²) in [6.07, 6.45) is 0. The molecule has 18 aromatic carbocycles. The molecule has 6 heterocycles. The van der Waals surface area contributed by atoms with Gasteiger partial charge in [-0.05, 0) is 207 Å². The third kappa shape index (κ3) is 14.6. The fourth-order valence-electron chi connectivity index (χ4n) is 22.5. The molecule has 0 unspecified atom stereocenters. The molecule has 8 nitrogen and oxygen atoms in total. The average Bonchev–Trinajstić information content (AvgIpc) is 1.68. The highest BCUT2D eigenvalue weighted by Gasteiger charge is 2.50. The second-order valence-electron chi connectivity index (χ2n) is 41.6. The van der Waals surface area contributed by atoms with E-state index >= 15 is 0 Å². The van der Waals surface area contributed by atoms with E-state index in [0.29, 0.717) is 34.9 Å². The van der Waals surface area contributed by atoms with Gasteiger partial charge < -0.3 is 9.32 Å². The summed E-state index contributed by atoms with van der Waals surface area (Å²) in [4.78, 5) is 31.9. The van der Waals surface area contributed by atoms with Gasteiger partial charge >= 0.3 is 0 Å². The van der Waals surface area contributed by atoms with Crippen LogP contribution in [-0.4, -0.2) is 29.9 Å². The Hall–Kier alpha value is -15.8. The van der Waals surface area contributed by atoms with Crippen LogP contribution in [0.2, 0.25) is 0 Å². The minimum atomic E-state index is -0.0254. The summed E-state index contributed by atoms with van der Waals surface area (Å²) in [5.41, 5.74) is 32.4. The topological polar surface area (TPSA) is 93.7 Å². The van der Waals surface area contributed by atoms with Crippen LogP contribution in [0.25, 0.3) is 206 Å². The van der Waals surface area contributed by atoms with Gasteiger partial charge in [0.15, 0.2) is 34.9 Å². The third-order valence-electron chi connectivity index (χ3n) is 32.4. The van der Waals surface area contributed by atoms with Crippen LogP contribution in [0.1, 0.15) is 116 Å². The van der Waals surface area contributed by atoms with E-state index in [1.165, 1.54) is 138 Å². The van der Waals surface area contributed by atoms with Crippen molar-refractivity contribution in [2.75, 3.05) is 4.90 Å². The Morgan fingerprint density at radius 1 is 0.196 bits per heavy atom. The Labute approximate surface area is 845 Å². The van der Waals surface area contributed by atoms with E-state index in [1.54, 1.807) is 0 Å². The molecule has 0 atom stereocenters. The number of anilines is 3. The first kappa shape index (κ1) is 88.7. The number of furan rings is 1. The van der Waals surface area contributed by atoms with E-state index in [1.807, 2.05) is 167 Å². The fraction of sp³-hybridized carbons (Fsp3) is 0.136. The molecular formula is C132H103N7OS3. The first-order chi connectivity index (χ1) is 69.4. The second-order valence-corrected chi connectivity index (χ2v) is 44.8. The lowest BCUT2D eigenvalue weighted by molar-refractivity contribution is 0.299. The summed E-state index contributed by atoms with van der Waals surface area (Å²) in [5.74, 6) is 3.98. The number of hydrogen-bond donors (Lipinski definition) is 0. The summed E-state index contributed by atoms with van der Waals surface area (Å²) in [7, 11) is 0. The molecule has 24 aromatic rings. The lowest BCUT2D eigenvalue weighted by Crippen LogP contribution is -2.43. The molecule has 0 saturated heterocycles. The molecule has 0 aliphatic heterocycles. The molecule has 690 valence electrons. The minimum absolute atomic E-state index is 0.00521. The molecule has 0 radical (unpaired) electrons. The molecule has 0 amide bonds. The van der Waals surface area contributed by atoms with Gasteiger partial charge in [-0.15, -0.1) is 34.0 Å². The minimum Gasteiger partial charge on any atom is -0.456 e. The van der Waals surface area contributed by atoms with Crippen molar-refractivity contribution in [1.82, 2.24) is 29.9 Å². The lowest BCUT2D eigenvalue weighted by atomic mass is 9.55. The van der Waals surface area contributed by atoms with Crippen molar-refractivity contribution in [1.29, 1.82) is 0 Å². The molecule has 3 aliphatic rings. The van der Waals surface area contributed by atoms with Gasteiger partial charge in [-0.2, -0.15) is 0 Å². The molecule has 11 heteroatoms. The van der Waals surface area contributed by atoms with Gasteiger partial charge in [-0.1, -0.05) is 392 Å². The van der Waals surface area contributed by atoms with Crippen LogP contribution in [0.5, 0.6) is 0 Å². The van der Waals surface area contributed by atoms with Crippen molar-refractivity contribution in [3.63, 3.8) is 0 Å². The lowest BCUT2D eigenvalue weighted by Gasteiger charge is -2.48. The molecule has 143 heavy (non-hydrogen) atoms. The first-order valence-electron chi connectivity index (χ1n) is 49.4. The monoisotopic (exact) mass is 1900 g/mol. The van der Waals surface area contributed by atoms with Gasteiger partial charge in [0, 0.05) is 133 Å². The SMILES string of the molecule is CC1(C)c2ccccc2-c2c(ccc3c2sc2cc(-c4cccc(-c5nc(-c6ccccc6)nc(-c6ccccc6)n5)c4)ccc23)C1(C)C.CC1(C)c2ccccc2-c2c(ccc3sc4ccc(-c5ccc(-c6nc(-c7ccccc7)nc(-c7ccccc7)n6)cc5)cc4c23)C1(C)C.CC1(C)c2ccccc2-c2cc3c(cc2C1(C)C)sc1ccc(N(c2ccccc2)c2ccc4c(c2)oc2ccccc24)cc13. The smallest absolute Gasteiger partial charge is 0.164 e. The van der Waals surface area contributed by atoms with Crippen LogP contribution >= 0.6 is 34.0 Å². The highest BCUT2D eigenvalue weighted by molar-refractivity contribution is 7.27. The molecule has 0 spiro atoms. The maximum absolute atomic E-state index is 6.32. The number of fused-ring (bicyclic) bond motifs is 23. The Bertz CT molecular complexity index is 9090. The van der Waals surface area contributed by atoms with Crippen molar-refractivity contribution in [2.45, 2.75) is 116 Å². The van der Waals surface area contributed by atoms with Crippen LogP contribution in [0.15, 0.2) is 411 Å². The Balaban J connectivity index is 0.000000113. The molecule has 0 fully saturated rings. The molecular weight excluding hydrogens is 1800 g/mol. The van der Waals surface area contributed by atoms with Gasteiger partial charge in [0.25, 0.3) is 0 Å². The van der Waals surface area contributed by atoms with Gasteiger partial charge in [-0.25, -0.2) is 29.9 Å². The molecule has 3 aliphatic carbocycles. The normalized spacial score (nSPS) is 14.6. The van der Waals surface area contributed by atoms with Crippen molar-refractivity contribution in [3.05, 3.63) is 440 Å². The van der Waals surface area contributed by atoms with E-state index in [-0.39, 0.29) is 32.5 Å². The second kappa shape index (κ2) is 34.0. The highest BCUT2D eigenvalue weighted by atomic mass is 32.1. The molecule has 0 bridgehead atoms. The zero-order valence-electron chi connectivity index (χ0n) is 81.9. The fourth-order valence-corrected chi connectivity index (χ4v) is 26.0. The molecule has 27 rings (SSSR count). The van der Waals surface area contributed by atoms with Gasteiger partial charge in [0.05, 0.1) is 0 Å². The van der Waals surface area contributed by atoms with Gasteiger partial charge in [-0.3, -0.25) is 0 Å². The van der Waals surface area contributed by atoms with E-state index in [9.17, 15) is 0 Å². The maximum atomic E-state index is 6.32. The summed E-state index contributed by atoms with van der Waals surface area (Å²) < 4.78 is 14.3. The van der Waals surface area contributed by atoms with Crippen LogP contribution < -0.4 is 4.90 Å². The van der Waals surface area contributed by atoms with E-state index in [2.05, 4.69) is 361 Å². The standard InChI is InChI=1S/2C45H35N3S.C42H33NOS/c1-44(2)36-21-12-11-20-35(36)39-37(45(44,3)4)25-24-34-33-23-22-31(27-38(33)49-40(34)39)30-18-13-19-32(26-30)43-47-41(28-14-7-5-8-15-28)46-42(48-43)29-16-9-6-10-17-29;1-44(2)35-18-12-11-17-33(35)39-36(45(44,3)4)24-26-38-40(39)34-27-32(23-25-37(34)49-38)28-19-21-31(22-20-28)43-47-41(29-13-7-5-8-14-29)46-42(48-43)30-15-9-6-10-16-30;1-41(2)35-16-10-8-14-29(35)32-24-34-33-22-27(19-21-39(33)45-40(34)25-36(32)42(41,3)4)43(26-12-6-5-7-13-26)28-18-20-31-30-15-9-11-17-37(30)44-38(31)23-28/h2*5-27H,1-4H3;5-25H,1-4H3. The van der Waals surface area contributed by atoms with Crippen molar-refractivity contribution >= 4 is 134 Å². The highest BCUT2D eigenvalue weighted by Crippen LogP contribution is 2.61. The number of hydrogen-bond acceptors (Lipinski definition) is 11. The van der Waals surface area contributed by atoms with E-state index in [0.717, 1.165) is 83.5 Å². The zero-order valence-corrected chi connectivity index (χ0v) is 84.4. The third-order valence-corrected chi connectivity index (χ3v) is 35.9. The number of nitrogens with zero attached hydrogens (tertiary/aromatic N) is 7. The Morgan fingerprint density at radius 2 is 0.573 bits per heavy atom. The van der Waals surface area contributed by atoms with Gasteiger partial charge in [0.1, 0.15) is 11.2 Å². The Morgan fingerprint density at radius 3 is 1.17 bits per heavy atom. The average molecular weight is 1900 g/mol. The largest absolute Gasteiger partial charge is 0.456 e. The summed E-state index contributed by atoms with van der Waals surface area (Å²) >= 11 is 5.71. The number of aromatic nitrogens is 6. The maximum Gasteiger partial charge on any atom is 0.164 e. The quantitative estimate of drug-likeness (QED) is 0.126. The zero-order chi connectivity index (χ0) is 97.2. The van der Waals surface area contributed by atoms with Gasteiger partial charge in [0.2, 0.25) is 0 Å². The summed E-state index contributed by atoms with van der Waals surface area (Å²) in [6, 6.07) is 145. The molecule has 0 saturated carbocycles. The van der Waals surface area contributed by atoms with Crippen molar-refractivity contribution < 1.29 is 4.42 Å². The van der Waals surface area contributed by atoms with Crippen molar-refractivity contribution in [3.8, 4) is 124 Å². The molecule has 6 aromatic heterocycles. The van der Waals surface area contributed by atoms with Crippen LogP contribution in [0.3, 0.4) is 0 Å². The number of thiophene rings is 3. The summed E-state index contributed by atoms with van der Waals surface area (Å²) in [6.45, 7) is 28.8. The van der Waals surface area contributed by atoms with Crippen LogP contribution in [0.4, 0.5) is 17.1 Å². The van der Waals surface area contributed by atoms with E-state index in [4.69, 9.17) is 34.3 Å². The molecule has 0 N–H and O–H groups in total. The van der Waals surface area contributed by atoms with Crippen LogP contribution in [0, 0.1) is 0 Å². The first-order valence-corrected chi connectivity index (χ1v) is 51.9. The summed E-state index contributed by atoms with van der Waals surface area (Å²) in [5, 5.41) is 10.2. The van der Waals surface area contributed by atoms with E-state index < -0.39 is 0 Å². The van der Waals surface area contributed by atoms with Crippen molar-refractivity contribution in [2.24, 2.45) is 0 Å². The predicted molar refractivity (Wildman–Crippen MR) is 605 cm³/mol. The van der Waals surface area contributed by atoms with Crippen LogP contribution in [-0.2, 0) is 32.5 Å². The number of rotatable bonds is 11. The Kier molecular flexibility index (Phi) is 21.1. The predicted octanol–water partition coefficient (Wildman–Crippen LogP) is 36.9.